The number of nitrogens with zero attached hydrogens (tertiary/aromatic N) is 2. The van der Waals surface area contributed by atoms with Crippen LogP contribution >= 0.6 is 0 Å². The molecule has 0 aliphatic carbocycles. The Morgan fingerprint density at radius 2 is 1.34 bits per heavy atom. The maximum Gasteiger partial charge on any atom is 0.269 e. The highest BCUT2D eigenvalue weighted by molar-refractivity contribution is 5.51. The predicted molar refractivity (Wildman–Crippen MR) is 124 cm³/mol. The Balaban J connectivity index is 1.69. The molecule has 1 saturated heterocycles. The molecule has 1 aliphatic heterocycles. The van der Waals surface area contributed by atoms with Crippen LogP contribution in [0.3, 0.4) is 0 Å². The SMILES string of the molecule is O=[N+]([O-])c1cccc(C2CC(c3ccccc3)(c3ccccc3)ON2c2ccccc2)c1. The Morgan fingerprint density at radius 1 is 0.781 bits per heavy atom. The first kappa shape index (κ1) is 20.0. The largest absolute Gasteiger partial charge is 0.269 e. The number of anilines is 1. The van der Waals surface area contributed by atoms with Crippen LogP contribution in [-0.2, 0) is 10.4 Å². The van der Waals surface area contributed by atoms with Gasteiger partial charge in [0.1, 0.15) is 5.60 Å². The van der Waals surface area contributed by atoms with E-state index in [1.807, 2.05) is 77.9 Å². The van der Waals surface area contributed by atoms with Crippen molar-refractivity contribution in [1.29, 1.82) is 0 Å². The molecule has 1 aliphatic rings. The average Bonchev–Trinajstić information content (AvgIpc) is 3.28. The number of nitro benzene ring substituents is 1. The molecule has 0 amide bonds. The van der Waals surface area contributed by atoms with Gasteiger partial charge in [-0.2, -0.15) is 0 Å². The quantitative estimate of drug-likeness (QED) is 0.275. The fourth-order valence-corrected chi connectivity index (χ4v) is 4.45. The monoisotopic (exact) mass is 422 g/mol. The molecule has 1 heterocycles. The first-order valence-corrected chi connectivity index (χ1v) is 10.6. The van der Waals surface area contributed by atoms with Crippen LogP contribution in [0.15, 0.2) is 115 Å². The van der Waals surface area contributed by atoms with E-state index in [2.05, 4.69) is 24.3 Å². The molecule has 4 aromatic carbocycles. The lowest BCUT2D eigenvalue weighted by Gasteiger charge is -2.30. The van der Waals surface area contributed by atoms with Crippen LogP contribution in [0, 0.1) is 10.1 Å². The van der Waals surface area contributed by atoms with E-state index in [0.717, 1.165) is 22.4 Å². The van der Waals surface area contributed by atoms with Crippen LogP contribution in [0.5, 0.6) is 0 Å². The standard InChI is InChI=1S/C27H22N2O3/c30-29(31)25-18-10-11-21(19-25)26-20-27(22-12-4-1-5-13-22,23-14-6-2-7-15-23)32-28(26)24-16-8-3-9-17-24/h1-19,26H,20H2. The van der Waals surface area contributed by atoms with Crippen LogP contribution < -0.4 is 5.06 Å². The number of para-hydroxylation sites is 1. The molecular formula is C27H22N2O3. The lowest BCUT2D eigenvalue weighted by Crippen LogP contribution is -2.30. The second-order valence-electron chi connectivity index (χ2n) is 7.88. The van der Waals surface area contributed by atoms with Crippen molar-refractivity contribution in [3.63, 3.8) is 0 Å². The van der Waals surface area contributed by atoms with E-state index in [1.165, 1.54) is 6.07 Å². The molecule has 0 bridgehead atoms. The number of benzene rings is 4. The average molecular weight is 422 g/mol. The number of hydroxylamine groups is 1. The predicted octanol–water partition coefficient (Wildman–Crippen LogP) is 6.42. The molecule has 0 N–H and O–H groups in total. The Morgan fingerprint density at radius 3 is 1.91 bits per heavy atom. The third-order valence-electron chi connectivity index (χ3n) is 5.97. The number of non-ortho nitro benzene ring substituents is 1. The summed E-state index contributed by atoms with van der Waals surface area (Å²) >= 11 is 0. The molecular weight excluding hydrogens is 400 g/mol. The minimum Gasteiger partial charge on any atom is -0.258 e. The van der Waals surface area contributed by atoms with Gasteiger partial charge in [0.25, 0.3) is 5.69 Å². The molecule has 1 unspecified atom stereocenters. The Hall–Kier alpha value is -3.96. The highest BCUT2D eigenvalue weighted by atomic mass is 16.7. The zero-order chi connectivity index (χ0) is 22.0. The summed E-state index contributed by atoms with van der Waals surface area (Å²) in [6.45, 7) is 0. The summed E-state index contributed by atoms with van der Waals surface area (Å²) in [7, 11) is 0. The highest BCUT2D eigenvalue weighted by Gasteiger charge is 2.49. The fourth-order valence-electron chi connectivity index (χ4n) is 4.45. The van der Waals surface area contributed by atoms with E-state index in [1.54, 1.807) is 12.1 Å². The van der Waals surface area contributed by atoms with Gasteiger partial charge in [-0.1, -0.05) is 91.0 Å². The summed E-state index contributed by atoms with van der Waals surface area (Å²) in [6.07, 6.45) is 0.608. The number of hydrogen-bond acceptors (Lipinski definition) is 4. The van der Waals surface area contributed by atoms with Gasteiger partial charge < -0.3 is 0 Å². The van der Waals surface area contributed by atoms with Crippen molar-refractivity contribution < 1.29 is 9.76 Å². The lowest BCUT2D eigenvalue weighted by molar-refractivity contribution is -0.384. The van der Waals surface area contributed by atoms with Crippen molar-refractivity contribution in [3.8, 4) is 0 Å². The van der Waals surface area contributed by atoms with Gasteiger partial charge in [0.2, 0.25) is 0 Å². The molecule has 0 spiro atoms. The molecule has 32 heavy (non-hydrogen) atoms. The Bertz CT molecular complexity index is 1170. The molecule has 158 valence electrons. The van der Waals surface area contributed by atoms with Crippen LogP contribution in [-0.4, -0.2) is 4.92 Å². The summed E-state index contributed by atoms with van der Waals surface area (Å²) in [5.41, 5.74) is 3.18. The molecule has 0 saturated carbocycles. The van der Waals surface area contributed by atoms with E-state index in [9.17, 15) is 10.1 Å². The smallest absolute Gasteiger partial charge is 0.258 e. The first-order chi connectivity index (χ1) is 15.7. The van der Waals surface area contributed by atoms with Crippen molar-refractivity contribution in [3.05, 3.63) is 142 Å². The van der Waals surface area contributed by atoms with E-state index < -0.39 is 5.60 Å². The van der Waals surface area contributed by atoms with Gasteiger partial charge in [-0.3, -0.25) is 15.0 Å². The summed E-state index contributed by atoms with van der Waals surface area (Å²) in [5.74, 6) is 0. The molecule has 1 atom stereocenters. The van der Waals surface area contributed by atoms with Gasteiger partial charge in [-0.05, 0) is 28.8 Å². The Labute approximate surface area is 186 Å². The molecule has 4 aromatic rings. The van der Waals surface area contributed by atoms with Crippen LogP contribution in [0.2, 0.25) is 0 Å². The summed E-state index contributed by atoms with van der Waals surface area (Å²) < 4.78 is 0. The van der Waals surface area contributed by atoms with Crippen molar-refractivity contribution in [2.75, 3.05) is 5.06 Å². The van der Waals surface area contributed by atoms with Crippen molar-refractivity contribution >= 4 is 11.4 Å². The van der Waals surface area contributed by atoms with E-state index >= 15 is 0 Å². The minimum atomic E-state index is -0.729. The van der Waals surface area contributed by atoms with Gasteiger partial charge in [0.05, 0.1) is 16.7 Å². The van der Waals surface area contributed by atoms with Crippen molar-refractivity contribution in [2.24, 2.45) is 0 Å². The highest BCUT2D eigenvalue weighted by Crippen LogP contribution is 2.51. The van der Waals surface area contributed by atoms with Crippen molar-refractivity contribution in [2.45, 2.75) is 18.1 Å². The summed E-state index contributed by atoms with van der Waals surface area (Å²) in [6, 6.07) is 36.8. The molecule has 1 fully saturated rings. The number of hydrogen-bond donors (Lipinski definition) is 0. The Kier molecular flexibility index (Phi) is 5.17. The third-order valence-corrected chi connectivity index (χ3v) is 5.97. The molecule has 5 rings (SSSR count). The van der Waals surface area contributed by atoms with Crippen molar-refractivity contribution in [1.82, 2.24) is 0 Å². The third kappa shape index (κ3) is 3.53. The summed E-state index contributed by atoms with van der Waals surface area (Å²) in [5, 5.41) is 13.4. The van der Waals surface area contributed by atoms with E-state index in [0.29, 0.717) is 6.42 Å². The van der Waals surface area contributed by atoms with Gasteiger partial charge in [0, 0.05) is 18.6 Å². The molecule has 0 radical (unpaired) electrons. The lowest BCUT2D eigenvalue weighted by atomic mass is 9.81. The van der Waals surface area contributed by atoms with Gasteiger partial charge in [-0.15, -0.1) is 0 Å². The van der Waals surface area contributed by atoms with E-state index in [4.69, 9.17) is 4.84 Å². The maximum atomic E-state index is 11.5. The van der Waals surface area contributed by atoms with Crippen LogP contribution in [0.4, 0.5) is 11.4 Å². The van der Waals surface area contributed by atoms with Gasteiger partial charge >= 0.3 is 0 Å². The maximum absolute atomic E-state index is 11.5. The zero-order valence-electron chi connectivity index (χ0n) is 17.4. The number of rotatable bonds is 5. The summed E-state index contributed by atoms with van der Waals surface area (Å²) in [4.78, 5) is 17.9. The van der Waals surface area contributed by atoms with E-state index in [-0.39, 0.29) is 16.7 Å². The molecule has 0 aromatic heterocycles. The van der Waals surface area contributed by atoms with Gasteiger partial charge in [-0.25, -0.2) is 5.06 Å². The molecule has 5 heteroatoms. The molecule has 5 nitrogen and oxygen atoms in total. The number of nitro groups is 1. The fraction of sp³-hybridized carbons (Fsp3) is 0.111. The van der Waals surface area contributed by atoms with Crippen LogP contribution in [0.25, 0.3) is 0 Å². The first-order valence-electron chi connectivity index (χ1n) is 10.6. The normalized spacial score (nSPS) is 17.2. The second kappa shape index (κ2) is 8.29. The topological polar surface area (TPSA) is 55.6 Å². The zero-order valence-corrected chi connectivity index (χ0v) is 17.4. The minimum absolute atomic E-state index is 0.0763. The second-order valence-corrected chi connectivity index (χ2v) is 7.88. The van der Waals surface area contributed by atoms with Gasteiger partial charge in [0.15, 0.2) is 0 Å². The van der Waals surface area contributed by atoms with Crippen LogP contribution in [0.1, 0.15) is 29.2 Å².